The summed E-state index contributed by atoms with van der Waals surface area (Å²) in [4.78, 5) is 11.9. The highest BCUT2D eigenvalue weighted by Crippen LogP contribution is 2.23. The smallest absolute Gasteiger partial charge is 0.194 e. The van der Waals surface area contributed by atoms with Gasteiger partial charge in [0.2, 0.25) is 0 Å². The Morgan fingerprint density at radius 1 is 1.31 bits per heavy atom. The van der Waals surface area contributed by atoms with Crippen LogP contribution >= 0.6 is 27.3 Å². The predicted molar refractivity (Wildman–Crippen MR) is 66.3 cm³/mol. The van der Waals surface area contributed by atoms with Crippen LogP contribution in [0.1, 0.15) is 15.9 Å². The molecule has 2 aromatic rings. The van der Waals surface area contributed by atoms with Crippen molar-refractivity contribution in [2.75, 3.05) is 5.73 Å². The summed E-state index contributed by atoms with van der Waals surface area (Å²) in [6.07, 6.45) is 0. The van der Waals surface area contributed by atoms with Crippen LogP contribution in [0.15, 0.2) is 33.4 Å². The first-order chi connectivity index (χ1) is 7.58. The average Bonchev–Trinajstić information content (AvgIpc) is 2.68. The molecule has 0 aliphatic carbocycles. The Kier molecular flexibility index (Phi) is 3.07. The number of hydrogen-bond acceptors (Lipinski definition) is 3. The SMILES string of the molecule is Nc1ccc(C(=O)c2csc(Br)c2)cc1F. The number of ketones is 1. The van der Waals surface area contributed by atoms with Crippen molar-refractivity contribution >= 4 is 38.7 Å². The first kappa shape index (κ1) is 11.3. The minimum atomic E-state index is -0.569. The monoisotopic (exact) mass is 299 g/mol. The van der Waals surface area contributed by atoms with Crippen molar-refractivity contribution in [2.45, 2.75) is 0 Å². The lowest BCUT2D eigenvalue weighted by atomic mass is 10.1. The van der Waals surface area contributed by atoms with E-state index in [0.29, 0.717) is 11.1 Å². The third-order valence-electron chi connectivity index (χ3n) is 2.09. The normalized spacial score (nSPS) is 10.4. The highest BCUT2D eigenvalue weighted by Gasteiger charge is 2.12. The van der Waals surface area contributed by atoms with Crippen LogP contribution < -0.4 is 5.73 Å². The number of anilines is 1. The van der Waals surface area contributed by atoms with Crippen LogP contribution in [-0.2, 0) is 0 Å². The summed E-state index contributed by atoms with van der Waals surface area (Å²) in [6, 6.07) is 5.78. The summed E-state index contributed by atoms with van der Waals surface area (Å²) in [6.45, 7) is 0. The maximum atomic E-state index is 13.2. The van der Waals surface area contributed by atoms with Gasteiger partial charge >= 0.3 is 0 Å². The summed E-state index contributed by atoms with van der Waals surface area (Å²) >= 11 is 4.68. The predicted octanol–water partition coefficient (Wildman–Crippen LogP) is 3.46. The molecule has 0 bridgehead atoms. The largest absolute Gasteiger partial charge is 0.396 e. The van der Waals surface area contributed by atoms with Crippen molar-refractivity contribution in [3.05, 3.63) is 50.4 Å². The van der Waals surface area contributed by atoms with E-state index in [4.69, 9.17) is 5.73 Å². The van der Waals surface area contributed by atoms with E-state index in [9.17, 15) is 9.18 Å². The lowest BCUT2D eigenvalue weighted by Crippen LogP contribution is -2.01. The maximum absolute atomic E-state index is 13.2. The van der Waals surface area contributed by atoms with Crippen LogP contribution in [0.2, 0.25) is 0 Å². The van der Waals surface area contributed by atoms with E-state index < -0.39 is 5.82 Å². The number of rotatable bonds is 2. The average molecular weight is 300 g/mol. The number of nitrogens with two attached hydrogens (primary N) is 1. The number of carbonyl (C=O) groups is 1. The maximum Gasteiger partial charge on any atom is 0.194 e. The van der Waals surface area contributed by atoms with Crippen molar-refractivity contribution in [3.63, 3.8) is 0 Å². The molecule has 5 heteroatoms. The second-order valence-electron chi connectivity index (χ2n) is 3.20. The third-order valence-corrected chi connectivity index (χ3v) is 3.60. The molecule has 0 atom stereocenters. The van der Waals surface area contributed by atoms with Crippen LogP contribution in [0.5, 0.6) is 0 Å². The molecule has 2 rings (SSSR count). The molecule has 2 nitrogen and oxygen atoms in total. The standard InChI is InChI=1S/C11H7BrFNOS/c12-10-4-7(5-16-10)11(15)6-1-2-9(14)8(13)3-6/h1-5H,14H2. The van der Waals surface area contributed by atoms with E-state index in [1.807, 2.05) is 0 Å². The Morgan fingerprint density at radius 3 is 2.62 bits per heavy atom. The number of carbonyl (C=O) groups excluding carboxylic acids is 1. The van der Waals surface area contributed by atoms with Gasteiger partial charge in [0, 0.05) is 16.5 Å². The number of halogens is 2. The molecule has 0 spiro atoms. The molecule has 0 aliphatic heterocycles. The molecule has 0 unspecified atom stereocenters. The van der Waals surface area contributed by atoms with Gasteiger partial charge in [0.05, 0.1) is 9.47 Å². The molecule has 82 valence electrons. The molecule has 1 aromatic carbocycles. The van der Waals surface area contributed by atoms with Crippen LogP contribution in [0.3, 0.4) is 0 Å². The molecule has 0 fully saturated rings. The second kappa shape index (κ2) is 4.35. The Hall–Kier alpha value is -1.20. The molecule has 0 radical (unpaired) electrons. The van der Waals surface area contributed by atoms with Gasteiger partial charge in [-0.1, -0.05) is 0 Å². The first-order valence-corrected chi connectivity index (χ1v) is 6.09. The Labute approximate surface area is 104 Å². The molecule has 1 aromatic heterocycles. The lowest BCUT2D eigenvalue weighted by Gasteiger charge is -2.00. The highest BCUT2D eigenvalue weighted by molar-refractivity contribution is 9.11. The lowest BCUT2D eigenvalue weighted by molar-refractivity contribution is 0.103. The molecular formula is C11H7BrFNOS. The summed E-state index contributed by atoms with van der Waals surface area (Å²) in [5.41, 5.74) is 6.23. The van der Waals surface area contributed by atoms with Gasteiger partial charge in [0.25, 0.3) is 0 Å². The Bertz CT molecular complexity index is 553. The quantitative estimate of drug-likeness (QED) is 0.682. The molecule has 0 saturated heterocycles. The Balaban J connectivity index is 2.38. The summed E-state index contributed by atoms with van der Waals surface area (Å²) in [7, 11) is 0. The molecule has 16 heavy (non-hydrogen) atoms. The van der Waals surface area contributed by atoms with E-state index in [1.54, 1.807) is 11.4 Å². The van der Waals surface area contributed by atoms with Crippen molar-refractivity contribution < 1.29 is 9.18 Å². The summed E-state index contributed by atoms with van der Waals surface area (Å²) < 4.78 is 14.0. The van der Waals surface area contributed by atoms with Crippen LogP contribution in [0.25, 0.3) is 0 Å². The van der Waals surface area contributed by atoms with Gasteiger partial charge < -0.3 is 5.73 Å². The number of thiophene rings is 1. The number of hydrogen-bond donors (Lipinski definition) is 1. The van der Waals surface area contributed by atoms with Gasteiger partial charge in [0.15, 0.2) is 5.78 Å². The zero-order chi connectivity index (χ0) is 11.7. The minimum Gasteiger partial charge on any atom is -0.396 e. The van der Waals surface area contributed by atoms with Gasteiger partial charge in [-0.2, -0.15) is 0 Å². The molecule has 0 amide bonds. The van der Waals surface area contributed by atoms with Crippen molar-refractivity contribution in [1.29, 1.82) is 0 Å². The molecule has 0 saturated carbocycles. The van der Waals surface area contributed by atoms with E-state index in [0.717, 1.165) is 9.85 Å². The van der Waals surface area contributed by atoms with Gasteiger partial charge in [-0.15, -0.1) is 11.3 Å². The van der Waals surface area contributed by atoms with Crippen LogP contribution in [0, 0.1) is 5.82 Å². The minimum absolute atomic E-state index is 0.0445. The molecular weight excluding hydrogens is 293 g/mol. The van der Waals surface area contributed by atoms with Crippen molar-refractivity contribution in [3.8, 4) is 0 Å². The van der Waals surface area contributed by atoms with Gasteiger partial charge in [-0.3, -0.25) is 4.79 Å². The van der Waals surface area contributed by atoms with Crippen molar-refractivity contribution in [2.24, 2.45) is 0 Å². The van der Waals surface area contributed by atoms with E-state index in [2.05, 4.69) is 15.9 Å². The third kappa shape index (κ3) is 2.15. The van der Waals surface area contributed by atoms with E-state index >= 15 is 0 Å². The fourth-order valence-corrected chi connectivity index (χ4v) is 2.40. The zero-order valence-corrected chi connectivity index (χ0v) is 10.4. The van der Waals surface area contributed by atoms with Crippen molar-refractivity contribution in [1.82, 2.24) is 0 Å². The fourth-order valence-electron chi connectivity index (χ4n) is 1.26. The van der Waals surface area contributed by atoms with E-state index in [-0.39, 0.29) is 11.5 Å². The second-order valence-corrected chi connectivity index (χ2v) is 5.50. The van der Waals surface area contributed by atoms with Crippen LogP contribution in [0.4, 0.5) is 10.1 Å². The highest BCUT2D eigenvalue weighted by atomic mass is 79.9. The van der Waals surface area contributed by atoms with Gasteiger partial charge in [-0.05, 0) is 40.2 Å². The first-order valence-electron chi connectivity index (χ1n) is 4.41. The summed E-state index contributed by atoms with van der Waals surface area (Å²) in [5.74, 6) is -0.777. The van der Waals surface area contributed by atoms with Gasteiger partial charge in [0.1, 0.15) is 5.82 Å². The zero-order valence-electron chi connectivity index (χ0n) is 8.04. The number of benzene rings is 1. The molecule has 1 heterocycles. The van der Waals surface area contributed by atoms with E-state index in [1.165, 1.54) is 23.5 Å². The van der Waals surface area contributed by atoms with Crippen LogP contribution in [-0.4, -0.2) is 5.78 Å². The molecule has 0 aliphatic rings. The fraction of sp³-hybridized carbons (Fsp3) is 0. The number of nitrogen functional groups attached to an aromatic ring is 1. The van der Waals surface area contributed by atoms with Gasteiger partial charge in [-0.25, -0.2) is 4.39 Å². The summed E-state index contributed by atoms with van der Waals surface area (Å²) in [5, 5.41) is 1.72. The topological polar surface area (TPSA) is 43.1 Å². The Morgan fingerprint density at radius 2 is 2.06 bits per heavy atom. The molecule has 2 N–H and O–H groups in total.